The fourth-order valence-corrected chi connectivity index (χ4v) is 4.17. The number of hydrogen-bond donors (Lipinski definition) is 3. The van der Waals surface area contributed by atoms with Gasteiger partial charge in [0.05, 0.1) is 0 Å². The van der Waals surface area contributed by atoms with Crippen LogP contribution in [0, 0.1) is 5.41 Å². The van der Waals surface area contributed by atoms with Gasteiger partial charge in [-0.15, -0.1) is 0 Å². The average molecular weight is 368 g/mol. The smallest absolute Gasteiger partial charge is 0.328 e. The molecule has 0 saturated carbocycles. The van der Waals surface area contributed by atoms with E-state index in [1.807, 2.05) is 81.4 Å². The Morgan fingerprint density at radius 1 is 0.750 bits per heavy atom. The zero-order valence-electron chi connectivity index (χ0n) is 13.8. The highest BCUT2D eigenvalue weighted by Gasteiger charge is 2.48. The summed E-state index contributed by atoms with van der Waals surface area (Å²) >= 11 is 0. The molecule has 0 spiro atoms. The van der Waals surface area contributed by atoms with Gasteiger partial charge in [-0.1, -0.05) is 81.4 Å². The Kier molecular flexibility index (Phi) is 6.46. The van der Waals surface area contributed by atoms with E-state index in [0.717, 1.165) is 11.1 Å². The molecule has 2 aromatic rings. The van der Waals surface area contributed by atoms with Crippen molar-refractivity contribution in [1.82, 2.24) is 0 Å². The van der Waals surface area contributed by atoms with E-state index < -0.39 is 28.2 Å². The predicted molar refractivity (Wildman–Crippen MR) is 95.8 cm³/mol. The van der Waals surface area contributed by atoms with Gasteiger partial charge in [0.2, 0.25) is 0 Å². The van der Waals surface area contributed by atoms with Gasteiger partial charge in [-0.2, -0.15) is 0 Å². The molecule has 1 unspecified atom stereocenters. The zero-order valence-corrected chi connectivity index (χ0v) is 15.6. The highest BCUT2D eigenvalue weighted by molar-refractivity contribution is 7.54. The standard InChI is InChI=1S/C17H22O5P2/c1-16(2,3)17(14-10-6-4-7-11-14,15-12-8-5-9-13-15)21-24(20)22-23(18)19/h4-13,18-20H,1-3H3. The van der Waals surface area contributed by atoms with Crippen molar-refractivity contribution in [3.8, 4) is 0 Å². The summed E-state index contributed by atoms with van der Waals surface area (Å²) in [4.78, 5) is 28.2. The van der Waals surface area contributed by atoms with Crippen LogP contribution in [-0.2, 0) is 14.4 Å². The van der Waals surface area contributed by atoms with Crippen LogP contribution in [0.2, 0.25) is 0 Å². The van der Waals surface area contributed by atoms with Crippen LogP contribution in [0.25, 0.3) is 0 Å². The van der Waals surface area contributed by atoms with Gasteiger partial charge in [0, 0.05) is 0 Å². The third-order valence-corrected chi connectivity index (χ3v) is 5.35. The molecule has 0 heterocycles. The molecule has 0 aliphatic carbocycles. The second kappa shape index (κ2) is 7.99. The van der Waals surface area contributed by atoms with Crippen molar-refractivity contribution in [3.63, 3.8) is 0 Å². The Labute approximate surface area is 144 Å². The van der Waals surface area contributed by atoms with Crippen molar-refractivity contribution >= 4 is 17.2 Å². The van der Waals surface area contributed by atoms with Gasteiger partial charge < -0.3 is 14.7 Å². The van der Waals surface area contributed by atoms with Crippen LogP contribution < -0.4 is 0 Å². The molecular weight excluding hydrogens is 346 g/mol. The van der Waals surface area contributed by atoms with E-state index in [2.05, 4.69) is 0 Å². The van der Waals surface area contributed by atoms with Crippen LogP contribution in [0.5, 0.6) is 0 Å². The normalized spacial score (nSPS) is 14.0. The summed E-state index contributed by atoms with van der Waals surface area (Å²) in [6, 6.07) is 19.1. The molecule has 2 aromatic carbocycles. The first-order chi connectivity index (χ1) is 11.3. The third-order valence-electron chi connectivity index (χ3n) is 3.77. The van der Waals surface area contributed by atoms with Crippen LogP contribution in [0.1, 0.15) is 31.9 Å². The summed E-state index contributed by atoms with van der Waals surface area (Å²) in [5.41, 5.74) is 0.195. The monoisotopic (exact) mass is 368 g/mol. The lowest BCUT2D eigenvalue weighted by atomic mass is 9.68. The average Bonchev–Trinajstić information content (AvgIpc) is 2.52. The summed E-state index contributed by atoms with van der Waals surface area (Å²) in [6.07, 6.45) is 0. The Balaban J connectivity index is 2.62. The SMILES string of the molecule is CC(C)(C)C(OP(O)OP(O)O)(c1ccccc1)c1ccccc1. The second-order valence-electron chi connectivity index (χ2n) is 6.33. The molecule has 0 bridgehead atoms. The Bertz CT molecular complexity index is 589. The first-order valence-corrected chi connectivity index (χ1v) is 9.72. The number of benzene rings is 2. The van der Waals surface area contributed by atoms with Gasteiger partial charge in [-0.25, -0.2) is 4.31 Å². The minimum Gasteiger partial charge on any atom is -0.328 e. The minimum absolute atomic E-state index is 0.462. The van der Waals surface area contributed by atoms with Gasteiger partial charge in [-0.05, 0) is 16.5 Å². The van der Waals surface area contributed by atoms with Crippen LogP contribution in [0.15, 0.2) is 60.7 Å². The molecule has 3 N–H and O–H groups in total. The first kappa shape index (κ1) is 19.4. The van der Waals surface area contributed by atoms with Gasteiger partial charge in [0.25, 0.3) is 0 Å². The highest BCUT2D eigenvalue weighted by atomic mass is 31.2. The Morgan fingerprint density at radius 3 is 1.50 bits per heavy atom. The van der Waals surface area contributed by atoms with E-state index >= 15 is 0 Å². The number of hydrogen-bond acceptors (Lipinski definition) is 5. The maximum Gasteiger partial charge on any atom is 0.338 e. The predicted octanol–water partition coefficient (Wildman–Crippen LogP) is 4.44. The minimum atomic E-state index is -2.71. The molecule has 24 heavy (non-hydrogen) atoms. The molecular formula is C17H22O5P2. The summed E-state index contributed by atoms with van der Waals surface area (Å²) < 4.78 is 10.7. The molecule has 1 atom stereocenters. The van der Waals surface area contributed by atoms with E-state index in [1.165, 1.54) is 0 Å². The summed E-state index contributed by atoms with van der Waals surface area (Å²) in [6.45, 7) is 5.99. The maximum absolute atomic E-state index is 10.2. The molecule has 2 rings (SSSR count). The largest absolute Gasteiger partial charge is 0.338 e. The van der Waals surface area contributed by atoms with Crippen molar-refractivity contribution in [2.75, 3.05) is 0 Å². The van der Waals surface area contributed by atoms with Crippen LogP contribution in [0.4, 0.5) is 0 Å². The molecule has 0 amide bonds. The molecule has 7 heteroatoms. The fourth-order valence-electron chi connectivity index (χ4n) is 2.82. The van der Waals surface area contributed by atoms with Crippen molar-refractivity contribution in [3.05, 3.63) is 71.8 Å². The molecule has 0 saturated heterocycles. The summed E-state index contributed by atoms with van der Waals surface area (Å²) in [7, 11) is -5.20. The Hall–Kier alpha value is -0.900. The lowest BCUT2D eigenvalue weighted by molar-refractivity contribution is -0.00907. The van der Waals surface area contributed by atoms with Gasteiger partial charge in [0.1, 0.15) is 5.60 Å². The molecule has 0 aromatic heterocycles. The first-order valence-electron chi connectivity index (χ1n) is 7.42. The molecule has 0 radical (unpaired) electrons. The second-order valence-corrected chi connectivity index (χ2v) is 8.14. The van der Waals surface area contributed by atoms with Crippen molar-refractivity contribution < 1.29 is 23.5 Å². The molecule has 130 valence electrons. The Morgan fingerprint density at radius 2 is 1.17 bits per heavy atom. The molecule has 0 fully saturated rings. The van der Waals surface area contributed by atoms with Crippen molar-refractivity contribution in [1.29, 1.82) is 0 Å². The quantitative estimate of drug-likeness (QED) is 0.657. The molecule has 0 aliphatic heterocycles. The topological polar surface area (TPSA) is 79.2 Å². The van der Waals surface area contributed by atoms with Crippen LogP contribution in [0.3, 0.4) is 0 Å². The van der Waals surface area contributed by atoms with E-state index in [0.29, 0.717) is 0 Å². The van der Waals surface area contributed by atoms with Crippen LogP contribution >= 0.6 is 17.2 Å². The van der Waals surface area contributed by atoms with Crippen LogP contribution in [-0.4, -0.2) is 14.7 Å². The third kappa shape index (κ3) is 4.19. The number of rotatable bonds is 6. The lowest BCUT2D eigenvalue weighted by Crippen LogP contribution is -2.42. The van der Waals surface area contributed by atoms with E-state index in [9.17, 15) is 4.89 Å². The van der Waals surface area contributed by atoms with Crippen molar-refractivity contribution in [2.45, 2.75) is 26.4 Å². The molecule has 5 nitrogen and oxygen atoms in total. The maximum atomic E-state index is 10.2. The van der Waals surface area contributed by atoms with Gasteiger partial charge in [0.15, 0.2) is 0 Å². The van der Waals surface area contributed by atoms with Gasteiger partial charge in [-0.3, -0.25) is 4.52 Å². The van der Waals surface area contributed by atoms with Crippen molar-refractivity contribution in [2.24, 2.45) is 5.41 Å². The summed E-state index contributed by atoms with van der Waals surface area (Å²) in [5.74, 6) is 0. The van der Waals surface area contributed by atoms with E-state index in [1.54, 1.807) is 0 Å². The zero-order chi connectivity index (χ0) is 17.8. The van der Waals surface area contributed by atoms with E-state index in [-0.39, 0.29) is 0 Å². The fraction of sp³-hybridized carbons (Fsp3) is 0.294. The van der Waals surface area contributed by atoms with Gasteiger partial charge >= 0.3 is 17.2 Å². The van der Waals surface area contributed by atoms with E-state index in [4.69, 9.17) is 18.6 Å². The molecule has 0 aliphatic rings. The summed E-state index contributed by atoms with van der Waals surface area (Å²) in [5, 5.41) is 0. The highest BCUT2D eigenvalue weighted by Crippen LogP contribution is 2.58. The lowest BCUT2D eigenvalue weighted by Gasteiger charge is -2.45.